The van der Waals surface area contributed by atoms with E-state index in [4.69, 9.17) is 11.5 Å². The average molecular weight is 205 g/mol. The zero-order chi connectivity index (χ0) is 11.4. The fraction of sp³-hybridized carbons (Fsp3) is 0.273. The molecule has 0 saturated carbocycles. The zero-order valence-corrected chi connectivity index (χ0v) is 8.30. The van der Waals surface area contributed by atoms with E-state index < -0.39 is 4.92 Å². The summed E-state index contributed by atoms with van der Waals surface area (Å²) in [5, 5.41) is 19.8. The van der Waals surface area contributed by atoms with E-state index in [0.717, 1.165) is 0 Å². The molecule has 0 saturated heterocycles. The van der Waals surface area contributed by atoms with Crippen LogP contribution in [-0.4, -0.2) is 16.6 Å². The molecule has 1 unspecified atom stereocenters. The SMILES string of the molecule is C#Cc1cccc(C(C)CO)c1[N+](=O)[O-]. The Balaban J connectivity index is 3.40. The maximum absolute atomic E-state index is 10.9. The van der Waals surface area contributed by atoms with E-state index in [1.54, 1.807) is 19.1 Å². The molecular formula is C11H11NO3. The van der Waals surface area contributed by atoms with Crippen LogP contribution in [0.25, 0.3) is 0 Å². The Hall–Kier alpha value is -1.86. The smallest absolute Gasteiger partial charge is 0.288 e. The van der Waals surface area contributed by atoms with Crippen LogP contribution in [0.1, 0.15) is 24.0 Å². The number of aliphatic hydroxyl groups excluding tert-OH is 1. The van der Waals surface area contributed by atoms with Gasteiger partial charge in [-0.3, -0.25) is 10.1 Å². The molecule has 1 rings (SSSR count). The predicted molar refractivity (Wildman–Crippen MR) is 56.5 cm³/mol. The number of hydrogen-bond acceptors (Lipinski definition) is 3. The molecule has 0 aliphatic carbocycles. The molecule has 0 spiro atoms. The minimum atomic E-state index is -0.503. The maximum atomic E-state index is 10.9. The normalized spacial score (nSPS) is 11.8. The number of nitro benzene ring substituents is 1. The van der Waals surface area contributed by atoms with Crippen LogP contribution in [0.15, 0.2) is 18.2 Å². The lowest BCUT2D eigenvalue weighted by Gasteiger charge is -2.09. The summed E-state index contributed by atoms with van der Waals surface area (Å²) < 4.78 is 0. The number of nitrogens with zero attached hydrogens (tertiary/aromatic N) is 1. The molecule has 1 atom stereocenters. The molecule has 0 heterocycles. The molecule has 0 aliphatic heterocycles. The topological polar surface area (TPSA) is 63.4 Å². The van der Waals surface area contributed by atoms with E-state index in [1.165, 1.54) is 6.07 Å². The van der Waals surface area contributed by atoms with Crippen molar-refractivity contribution in [2.75, 3.05) is 6.61 Å². The van der Waals surface area contributed by atoms with Gasteiger partial charge in [0.1, 0.15) is 5.56 Å². The molecule has 1 N–H and O–H groups in total. The quantitative estimate of drug-likeness (QED) is 0.463. The van der Waals surface area contributed by atoms with Crippen LogP contribution in [-0.2, 0) is 0 Å². The average Bonchev–Trinajstić information content (AvgIpc) is 2.26. The third kappa shape index (κ3) is 2.14. The lowest BCUT2D eigenvalue weighted by atomic mass is 9.97. The van der Waals surface area contributed by atoms with Crippen molar-refractivity contribution in [2.45, 2.75) is 12.8 Å². The molecular weight excluding hydrogens is 194 g/mol. The van der Waals surface area contributed by atoms with Crippen LogP contribution in [0.2, 0.25) is 0 Å². The minimum Gasteiger partial charge on any atom is -0.396 e. The molecule has 1 aromatic rings. The molecule has 4 nitrogen and oxygen atoms in total. The summed E-state index contributed by atoms with van der Waals surface area (Å²) in [7, 11) is 0. The second-order valence-electron chi connectivity index (χ2n) is 3.23. The molecule has 0 amide bonds. The second kappa shape index (κ2) is 4.58. The van der Waals surface area contributed by atoms with Crippen LogP contribution in [0.4, 0.5) is 5.69 Å². The van der Waals surface area contributed by atoms with Gasteiger partial charge in [0.2, 0.25) is 0 Å². The summed E-state index contributed by atoms with van der Waals surface area (Å²) in [6.45, 7) is 1.57. The van der Waals surface area contributed by atoms with Crippen LogP contribution in [0, 0.1) is 22.5 Å². The molecule has 4 heteroatoms. The maximum Gasteiger partial charge on any atom is 0.288 e. The second-order valence-corrected chi connectivity index (χ2v) is 3.23. The van der Waals surface area contributed by atoms with Crippen molar-refractivity contribution in [1.82, 2.24) is 0 Å². The molecule has 0 fully saturated rings. The third-order valence-electron chi connectivity index (χ3n) is 2.21. The number of benzene rings is 1. The van der Waals surface area contributed by atoms with Gasteiger partial charge in [0.25, 0.3) is 5.69 Å². The van der Waals surface area contributed by atoms with Gasteiger partial charge in [-0.15, -0.1) is 6.42 Å². The fourth-order valence-electron chi connectivity index (χ4n) is 1.38. The van der Waals surface area contributed by atoms with Crippen LogP contribution in [0.5, 0.6) is 0 Å². The van der Waals surface area contributed by atoms with Gasteiger partial charge < -0.3 is 5.11 Å². The Morgan fingerprint density at radius 3 is 2.80 bits per heavy atom. The van der Waals surface area contributed by atoms with E-state index in [-0.39, 0.29) is 23.8 Å². The van der Waals surface area contributed by atoms with Crippen molar-refractivity contribution < 1.29 is 10.0 Å². The summed E-state index contributed by atoms with van der Waals surface area (Å²) >= 11 is 0. The number of terminal acetylenes is 1. The fourth-order valence-corrected chi connectivity index (χ4v) is 1.38. The van der Waals surface area contributed by atoms with Gasteiger partial charge in [0.05, 0.1) is 4.92 Å². The summed E-state index contributed by atoms with van der Waals surface area (Å²) in [5.74, 6) is 1.98. The highest BCUT2D eigenvalue weighted by atomic mass is 16.6. The lowest BCUT2D eigenvalue weighted by Crippen LogP contribution is -2.05. The van der Waals surface area contributed by atoms with Crippen LogP contribution in [0.3, 0.4) is 0 Å². The van der Waals surface area contributed by atoms with Crippen molar-refractivity contribution in [1.29, 1.82) is 0 Å². The van der Waals surface area contributed by atoms with Gasteiger partial charge in [-0.05, 0) is 6.07 Å². The zero-order valence-electron chi connectivity index (χ0n) is 8.30. The first-order valence-electron chi connectivity index (χ1n) is 4.46. The number of aliphatic hydroxyl groups is 1. The number of rotatable bonds is 3. The highest BCUT2D eigenvalue weighted by molar-refractivity contribution is 5.56. The van der Waals surface area contributed by atoms with Gasteiger partial charge in [0, 0.05) is 18.1 Å². The largest absolute Gasteiger partial charge is 0.396 e. The van der Waals surface area contributed by atoms with Gasteiger partial charge in [-0.1, -0.05) is 25.0 Å². The molecule has 0 aromatic heterocycles. The molecule has 15 heavy (non-hydrogen) atoms. The standard InChI is InChI=1S/C11H11NO3/c1-3-9-5-4-6-10(8(2)7-13)11(9)12(14)15/h1,4-6,8,13H,7H2,2H3. The van der Waals surface area contributed by atoms with Gasteiger partial charge in [-0.25, -0.2) is 0 Å². The predicted octanol–water partition coefficient (Wildman–Crippen LogP) is 1.67. The minimum absolute atomic E-state index is 0.0819. The Bertz CT molecular complexity index is 420. The number of hydrogen-bond donors (Lipinski definition) is 1. The Kier molecular flexibility index (Phi) is 3.42. The summed E-state index contributed by atoms with van der Waals surface area (Å²) in [5.41, 5.74) is 0.636. The molecule has 1 aromatic carbocycles. The summed E-state index contributed by atoms with van der Waals surface area (Å²) in [4.78, 5) is 10.3. The lowest BCUT2D eigenvalue weighted by molar-refractivity contribution is -0.386. The summed E-state index contributed by atoms with van der Waals surface area (Å²) in [6, 6.07) is 4.79. The number of para-hydroxylation sites is 1. The molecule has 78 valence electrons. The van der Waals surface area contributed by atoms with E-state index in [2.05, 4.69) is 5.92 Å². The molecule has 0 radical (unpaired) electrons. The van der Waals surface area contributed by atoms with E-state index >= 15 is 0 Å². The Labute approximate surface area is 87.7 Å². The first kappa shape index (κ1) is 11.2. The van der Waals surface area contributed by atoms with E-state index in [9.17, 15) is 10.1 Å². The van der Waals surface area contributed by atoms with Crippen LogP contribution < -0.4 is 0 Å². The van der Waals surface area contributed by atoms with Gasteiger partial charge in [-0.2, -0.15) is 0 Å². The molecule has 0 bridgehead atoms. The van der Waals surface area contributed by atoms with Crippen molar-refractivity contribution in [3.8, 4) is 12.3 Å². The number of nitro groups is 1. The third-order valence-corrected chi connectivity index (χ3v) is 2.21. The first-order chi connectivity index (χ1) is 7.11. The summed E-state index contributed by atoms with van der Waals surface area (Å²) in [6.07, 6.45) is 5.18. The highest BCUT2D eigenvalue weighted by Gasteiger charge is 2.21. The van der Waals surface area contributed by atoms with Crippen molar-refractivity contribution in [3.63, 3.8) is 0 Å². The van der Waals surface area contributed by atoms with Gasteiger partial charge in [0.15, 0.2) is 0 Å². The molecule has 0 aliphatic rings. The van der Waals surface area contributed by atoms with Crippen molar-refractivity contribution >= 4 is 5.69 Å². The highest BCUT2D eigenvalue weighted by Crippen LogP contribution is 2.29. The monoisotopic (exact) mass is 205 g/mol. The Morgan fingerprint density at radius 2 is 2.33 bits per heavy atom. The Morgan fingerprint density at radius 1 is 1.67 bits per heavy atom. The first-order valence-corrected chi connectivity index (χ1v) is 4.46. The van der Waals surface area contributed by atoms with E-state index in [1.807, 2.05) is 0 Å². The van der Waals surface area contributed by atoms with Crippen molar-refractivity contribution in [3.05, 3.63) is 39.4 Å². The van der Waals surface area contributed by atoms with Crippen LogP contribution >= 0.6 is 0 Å². The van der Waals surface area contributed by atoms with Crippen molar-refractivity contribution in [2.24, 2.45) is 0 Å². The van der Waals surface area contributed by atoms with E-state index in [0.29, 0.717) is 5.56 Å². The van der Waals surface area contributed by atoms with Gasteiger partial charge >= 0.3 is 0 Å².